The van der Waals surface area contributed by atoms with Crippen molar-refractivity contribution in [1.82, 2.24) is 14.5 Å². The van der Waals surface area contributed by atoms with Gasteiger partial charge in [0.2, 0.25) is 0 Å². The highest BCUT2D eigenvalue weighted by atomic mass is 32.1. The van der Waals surface area contributed by atoms with Crippen LogP contribution in [0.3, 0.4) is 0 Å². The maximum Gasteiger partial charge on any atom is 0.291 e. The number of hydrogen-bond donors (Lipinski definition) is 1. The molecule has 0 fully saturated rings. The smallest absolute Gasteiger partial charge is 0.291 e. The minimum Gasteiger partial charge on any atom is -0.454 e. The van der Waals surface area contributed by atoms with Crippen LogP contribution in [0.4, 0.5) is 5.69 Å². The number of thiazole rings is 1. The number of rotatable bonds is 5. The molecule has 0 radical (unpaired) electrons. The summed E-state index contributed by atoms with van der Waals surface area (Å²) in [6.07, 6.45) is 5.26. The molecule has 0 saturated carbocycles. The van der Waals surface area contributed by atoms with Gasteiger partial charge in [0.25, 0.3) is 5.91 Å². The average molecular weight is 366 g/mol. The van der Waals surface area contributed by atoms with Gasteiger partial charge in [0.1, 0.15) is 5.76 Å². The van der Waals surface area contributed by atoms with E-state index in [1.54, 1.807) is 36.0 Å². The highest BCUT2D eigenvalue weighted by Crippen LogP contribution is 2.29. The van der Waals surface area contributed by atoms with Gasteiger partial charge >= 0.3 is 0 Å². The van der Waals surface area contributed by atoms with E-state index in [1.807, 2.05) is 29.0 Å². The largest absolute Gasteiger partial charge is 0.454 e. The number of aromatic nitrogens is 3. The monoisotopic (exact) mass is 366 g/mol. The highest BCUT2D eigenvalue weighted by Gasteiger charge is 2.13. The van der Waals surface area contributed by atoms with Crippen molar-refractivity contribution in [2.24, 2.45) is 0 Å². The Morgan fingerprint density at radius 3 is 2.96 bits per heavy atom. The number of carbonyl (C=O) groups excluding carboxylic acids is 1. The molecule has 7 heteroatoms. The molecule has 0 aliphatic carbocycles. The fourth-order valence-corrected chi connectivity index (χ4v) is 3.61. The van der Waals surface area contributed by atoms with E-state index in [0.29, 0.717) is 18.2 Å². The van der Waals surface area contributed by atoms with E-state index in [1.165, 1.54) is 0 Å². The second kappa shape index (κ2) is 6.76. The number of furan rings is 1. The van der Waals surface area contributed by atoms with Crippen LogP contribution in [0.25, 0.3) is 10.2 Å². The first-order valence-corrected chi connectivity index (χ1v) is 9.16. The lowest BCUT2D eigenvalue weighted by Crippen LogP contribution is -2.10. The molecule has 0 saturated heterocycles. The molecule has 0 atom stereocenters. The molecular weight excluding hydrogens is 348 g/mol. The normalized spacial score (nSPS) is 11.3. The summed E-state index contributed by atoms with van der Waals surface area (Å²) in [5.41, 5.74) is 1.69. The number of nitrogens with zero attached hydrogens (tertiary/aromatic N) is 3. The number of nitrogens with one attached hydrogen (secondary N) is 1. The van der Waals surface area contributed by atoms with Gasteiger partial charge in [-0.2, -0.15) is 0 Å². The Kier molecular flexibility index (Phi) is 4.30. The van der Waals surface area contributed by atoms with Crippen molar-refractivity contribution in [1.29, 1.82) is 0 Å². The second-order valence-electron chi connectivity index (χ2n) is 6.34. The number of carbonyl (C=O) groups is 1. The molecule has 0 aliphatic heterocycles. The van der Waals surface area contributed by atoms with Crippen LogP contribution in [0.2, 0.25) is 0 Å². The number of imidazole rings is 1. The first-order chi connectivity index (χ1) is 12.6. The van der Waals surface area contributed by atoms with E-state index in [2.05, 4.69) is 29.1 Å². The Morgan fingerprint density at radius 1 is 1.31 bits per heavy atom. The molecule has 1 aromatic carbocycles. The van der Waals surface area contributed by atoms with Gasteiger partial charge in [0, 0.05) is 24.0 Å². The third-order valence-electron chi connectivity index (χ3n) is 3.94. The number of hydrogen-bond acceptors (Lipinski definition) is 5. The van der Waals surface area contributed by atoms with E-state index < -0.39 is 0 Å². The molecule has 0 spiro atoms. The molecule has 0 unspecified atom stereocenters. The standard InChI is InChI=1S/C19H18N4O2S/c1-12(2)19-22-15-5-3-13(9-17(15)26-19)21-18(24)16-6-4-14(25-16)10-23-8-7-20-11-23/h3-9,11-12H,10H2,1-2H3,(H,21,24). The first kappa shape index (κ1) is 16.5. The van der Waals surface area contributed by atoms with Gasteiger partial charge in [-0.3, -0.25) is 4.79 Å². The van der Waals surface area contributed by atoms with E-state index in [0.717, 1.165) is 20.9 Å². The molecule has 132 valence electrons. The molecule has 26 heavy (non-hydrogen) atoms. The zero-order valence-electron chi connectivity index (χ0n) is 14.5. The van der Waals surface area contributed by atoms with Crippen LogP contribution in [-0.2, 0) is 6.54 Å². The highest BCUT2D eigenvalue weighted by molar-refractivity contribution is 7.18. The molecule has 3 aromatic heterocycles. The fraction of sp³-hybridized carbons (Fsp3) is 0.211. The lowest BCUT2D eigenvalue weighted by Gasteiger charge is -2.03. The molecular formula is C19H18N4O2S. The lowest BCUT2D eigenvalue weighted by molar-refractivity contribution is 0.0995. The van der Waals surface area contributed by atoms with Gasteiger partial charge < -0.3 is 14.3 Å². The average Bonchev–Trinajstić information content (AvgIpc) is 3.35. The van der Waals surface area contributed by atoms with Gasteiger partial charge in [-0.25, -0.2) is 9.97 Å². The maximum absolute atomic E-state index is 12.4. The van der Waals surface area contributed by atoms with Crippen molar-refractivity contribution < 1.29 is 9.21 Å². The molecule has 6 nitrogen and oxygen atoms in total. The van der Waals surface area contributed by atoms with Crippen LogP contribution >= 0.6 is 11.3 Å². The zero-order chi connectivity index (χ0) is 18.1. The van der Waals surface area contributed by atoms with Crippen molar-refractivity contribution in [2.45, 2.75) is 26.3 Å². The van der Waals surface area contributed by atoms with Crippen LogP contribution in [0.1, 0.15) is 41.1 Å². The quantitative estimate of drug-likeness (QED) is 0.564. The summed E-state index contributed by atoms with van der Waals surface area (Å²) in [5, 5.41) is 3.98. The Hall–Kier alpha value is -2.93. The fourth-order valence-electron chi connectivity index (χ4n) is 2.60. The zero-order valence-corrected chi connectivity index (χ0v) is 15.3. The molecule has 1 N–H and O–H groups in total. The van der Waals surface area contributed by atoms with Crippen LogP contribution < -0.4 is 5.32 Å². The first-order valence-electron chi connectivity index (χ1n) is 8.35. The van der Waals surface area contributed by atoms with E-state index in [4.69, 9.17) is 4.42 Å². The molecule has 4 rings (SSSR count). The van der Waals surface area contributed by atoms with E-state index in [9.17, 15) is 4.79 Å². The number of fused-ring (bicyclic) bond motifs is 1. The van der Waals surface area contributed by atoms with Gasteiger partial charge in [-0.15, -0.1) is 11.3 Å². The van der Waals surface area contributed by atoms with Crippen molar-refractivity contribution in [3.8, 4) is 0 Å². The minimum absolute atomic E-state index is 0.269. The summed E-state index contributed by atoms with van der Waals surface area (Å²) in [4.78, 5) is 21.0. The second-order valence-corrected chi connectivity index (χ2v) is 7.41. The van der Waals surface area contributed by atoms with Crippen LogP contribution in [-0.4, -0.2) is 20.4 Å². The Morgan fingerprint density at radius 2 is 2.19 bits per heavy atom. The van der Waals surface area contributed by atoms with Crippen molar-refractivity contribution in [3.05, 3.63) is 65.6 Å². The SMILES string of the molecule is CC(C)c1nc2ccc(NC(=O)c3ccc(Cn4ccnc4)o3)cc2s1. The molecule has 3 heterocycles. The molecule has 4 aromatic rings. The van der Waals surface area contributed by atoms with E-state index >= 15 is 0 Å². The summed E-state index contributed by atoms with van der Waals surface area (Å²) < 4.78 is 8.58. The van der Waals surface area contributed by atoms with Crippen molar-refractivity contribution in [3.63, 3.8) is 0 Å². The minimum atomic E-state index is -0.269. The predicted octanol–water partition coefficient (Wildman–Crippen LogP) is 4.51. The Bertz CT molecular complexity index is 1050. The van der Waals surface area contributed by atoms with Crippen LogP contribution in [0.15, 0.2) is 53.5 Å². The number of anilines is 1. The summed E-state index contributed by atoms with van der Waals surface area (Å²) in [6, 6.07) is 9.23. The van der Waals surface area contributed by atoms with Crippen molar-refractivity contribution in [2.75, 3.05) is 5.32 Å². The Balaban J connectivity index is 1.49. The molecule has 1 amide bonds. The number of amides is 1. The molecule has 0 bridgehead atoms. The van der Waals surface area contributed by atoms with Crippen LogP contribution in [0, 0.1) is 0 Å². The third kappa shape index (κ3) is 3.39. The van der Waals surface area contributed by atoms with Gasteiger partial charge in [-0.05, 0) is 30.3 Å². The third-order valence-corrected chi connectivity index (χ3v) is 5.26. The van der Waals surface area contributed by atoms with Crippen LogP contribution in [0.5, 0.6) is 0 Å². The Labute approximate surface area is 154 Å². The lowest BCUT2D eigenvalue weighted by atomic mass is 10.2. The molecule has 0 aliphatic rings. The summed E-state index contributed by atoms with van der Waals surface area (Å²) >= 11 is 1.65. The van der Waals surface area contributed by atoms with E-state index in [-0.39, 0.29) is 11.7 Å². The topological polar surface area (TPSA) is 73.0 Å². The summed E-state index contributed by atoms with van der Waals surface area (Å²) in [7, 11) is 0. The maximum atomic E-state index is 12.4. The van der Waals surface area contributed by atoms with Gasteiger partial charge in [0.15, 0.2) is 5.76 Å². The summed E-state index contributed by atoms with van der Waals surface area (Å²) in [5.74, 6) is 1.11. The predicted molar refractivity (Wildman–Crippen MR) is 102 cm³/mol. The van der Waals surface area contributed by atoms with Crippen molar-refractivity contribution >= 4 is 33.1 Å². The van der Waals surface area contributed by atoms with Gasteiger partial charge in [0.05, 0.1) is 28.1 Å². The number of benzene rings is 1. The summed E-state index contributed by atoms with van der Waals surface area (Å²) in [6.45, 7) is 4.79. The van der Waals surface area contributed by atoms with Gasteiger partial charge in [-0.1, -0.05) is 13.8 Å².